The third-order valence-electron chi connectivity index (χ3n) is 5.81. The van der Waals surface area contributed by atoms with Gasteiger partial charge in [0.05, 0.1) is 0 Å². The van der Waals surface area contributed by atoms with E-state index in [1.54, 1.807) is 0 Å². The van der Waals surface area contributed by atoms with Crippen LogP contribution < -0.4 is 5.32 Å². The van der Waals surface area contributed by atoms with Crippen LogP contribution in [0.4, 0.5) is 0 Å². The second-order valence-corrected chi connectivity index (χ2v) is 9.22. The van der Waals surface area contributed by atoms with Crippen LogP contribution in [-0.2, 0) is 25.7 Å². The number of nitrogens with one attached hydrogen (secondary N) is 1. The first-order valence-electron chi connectivity index (χ1n) is 10.6. The van der Waals surface area contributed by atoms with Crippen molar-refractivity contribution in [2.45, 2.75) is 65.1 Å². The first kappa shape index (κ1) is 22.0. The maximum absolute atomic E-state index is 12.8. The molecule has 3 rings (SSSR count). The van der Waals surface area contributed by atoms with Crippen LogP contribution in [-0.4, -0.2) is 58.5 Å². The lowest BCUT2D eigenvalue weighted by Crippen LogP contribution is -2.52. The molecule has 0 spiro atoms. The first-order chi connectivity index (χ1) is 14.2. The Bertz CT molecular complexity index is 807. The van der Waals surface area contributed by atoms with Gasteiger partial charge in [0.25, 0.3) is 5.91 Å². The van der Waals surface area contributed by atoms with Gasteiger partial charge in [0.15, 0.2) is 0 Å². The molecule has 1 aromatic carbocycles. The molecule has 2 aliphatic rings. The van der Waals surface area contributed by atoms with Crippen LogP contribution in [0.1, 0.15) is 52.0 Å². The second kappa shape index (κ2) is 8.98. The number of carbonyl (C=O) groups excluding carboxylic acids is 4. The molecule has 2 aliphatic heterocycles. The molecule has 1 N–H and O–H groups in total. The molecular formula is C23H31N3O4. The van der Waals surface area contributed by atoms with Gasteiger partial charge in [-0.05, 0) is 24.8 Å². The predicted molar refractivity (Wildman–Crippen MR) is 112 cm³/mol. The Hall–Kier alpha value is -2.70. The predicted octanol–water partition coefficient (Wildman–Crippen LogP) is 1.90. The second-order valence-electron chi connectivity index (χ2n) is 9.22. The fourth-order valence-corrected chi connectivity index (χ4v) is 4.09. The average molecular weight is 414 g/mol. The Labute approximate surface area is 177 Å². The molecule has 162 valence electrons. The third kappa shape index (κ3) is 5.07. The van der Waals surface area contributed by atoms with Crippen molar-refractivity contribution < 1.29 is 19.2 Å². The molecule has 1 aromatic rings. The number of carbonyl (C=O) groups is 4. The fourth-order valence-electron chi connectivity index (χ4n) is 4.09. The number of ketones is 1. The van der Waals surface area contributed by atoms with Crippen molar-refractivity contribution in [3.63, 3.8) is 0 Å². The monoisotopic (exact) mass is 413 g/mol. The number of amides is 3. The Morgan fingerprint density at radius 2 is 1.67 bits per heavy atom. The number of hydrogen-bond acceptors (Lipinski definition) is 4. The Morgan fingerprint density at radius 3 is 2.27 bits per heavy atom. The van der Waals surface area contributed by atoms with Crippen LogP contribution in [0, 0.1) is 5.41 Å². The smallest absolute Gasteiger partial charge is 0.289 e. The maximum atomic E-state index is 12.8. The fraction of sp³-hybridized carbons (Fsp3) is 0.565. The molecule has 0 bridgehead atoms. The summed E-state index contributed by atoms with van der Waals surface area (Å²) in [7, 11) is 0. The Balaban J connectivity index is 1.55. The highest BCUT2D eigenvalue weighted by Gasteiger charge is 2.39. The normalized spacial score (nSPS) is 20.4. The van der Waals surface area contributed by atoms with Gasteiger partial charge in [0.2, 0.25) is 17.6 Å². The minimum absolute atomic E-state index is 0.0981. The van der Waals surface area contributed by atoms with E-state index in [0.29, 0.717) is 38.9 Å². The molecule has 30 heavy (non-hydrogen) atoms. The Morgan fingerprint density at radius 1 is 1.03 bits per heavy atom. The van der Waals surface area contributed by atoms with Gasteiger partial charge in [-0.2, -0.15) is 0 Å². The van der Waals surface area contributed by atoms with Crippen molar-refractivity contribution in [1.82, 2.24) is 15.1 Å². The van der Waals surface area contributed by atoms with E-state index in [2.05, 4.69) is 5.32 Å². The molecule has 2 fully saturated rings. The van der Waals surface area contributed by atoms with Gasteiger partial charge in [0, 0.05) is 37.5 Å². The van der Waals surface area contributed by atoms with Gasteiger partial charge in [-0.3, -0.25) is 19.2 Å². The molecule has 0 radical (unpaired) electrons. The summed E-state index contributed by atoms with van der Waals surface area (Å²) in [5.41, 5.74) is 0.505. The van der Waals surface area contributed by atoms with E-state index in [1.807, 2.05) is 56.0 Å². The zero-order chi connectivity index (χ0) is 21.9. The van der Waals surface area contributed by atoms with Crippen molar-refractivity contribution in [3.8, 4) is 0 Å². The molecule has 3 amide bonds. The molecule has 0 aromatic heterocycles. The van der Waals surface area contributed by atoms with Crippen LogP contribution in [0.2, 0.25) is 0 Å². The number of piperidine rings is 1. The summed E-state index contributed by atoms with van der Waals surface area (Å²) in [6.45, 7) is 7.15. The van der Waals surface area contributed by atoms with Crippen molar-refractivity contribution >= 4 is 23.5 Å². The lowest BCUT2D eigenvalue weighted by molar-refractivity contribution is -0.144. The summed E-state index contributed by atoms with van der Waals surface area (Å²) < 4.78 is 0. The highest BCUT2D eigenvalue weighted by atomic mass is 16.2. The van der Waals surface area contributed by atoms with E-state index in [-0.39, 0.29) is 24.3 Å². The molecule has 0 aliphatic carbocycles. The molecule has 2 heterocycles. The lowest BCUT2D eigenvalue weighted by Gasteiger charge is -2.36. The largest absolute Gasteiger partial charge is 0.347 e. The van der Waals surface area contributed by atoms with Crippen molar-refractivity contribution in [1.29, 1.82) is 0 Å². The van der Waals surface area contributed by atoms with E-state index >= 15 is 0 Å². The molecule has 0 unspecified atom stereocenters. The molecular weight excluding hydrogens is 382 g/mol. The van der Waals surface area contributed by atoms with Crippen molar-refractivity contribution in [2.24, 2.45) is 5.41 Å². The van der Waals surface area contributed by atoms with Gasteiger partial charge in [-0.25, -0.2) is 0 Å². The number of hydrogen-bond donors (Lipinski definition) is 1. The molecule has 0 saturated carbocycles. The Kier molecular flexibility index (Phi) is 6.58. The topological polar surface area (TPSA) is 86.8 Å². The van der Waals surface area contributed by atoms with E-state index < -0.39 is 23.1 Å². The minimum atomic E-state index is -0.708. The zero-order valence-corrected chi connectivity index (χ0v) is 18.0. The lowest BCUT2D eigenvalue weighted by atomic mass is 9.93. The first-order valence-corrected chi connectivity index (χ1v) is 10.6. The summed E-state index contributed by atoms with van der Waals surface area (Å²) in [6, 6.07) is 8.63. The van der Waals surface area contributed by atoms with Crippen LogP contribution in [0.3, 0.4) is 0 Å². The van der Waals surface area contributed by atoms with E-state index in [1.165, 1.54) is 4.90 Å². The van der Waals surface area contributed by atoms with Crippen molar-refractivity contribution in [2.75, 3.05) is 13.1 Å². The van der Waals surface area contributed by atoms with Gasteiger partial charge in [0.1, 0.15) is 6.04 Å². The van der Waals surface area contributed by atoms with E-state index in [0.717, 1.165) is 5.56 Å². The molecule has 7 nitrogen and oxygen atoms in total. The van der Waals surface area contributed by atoms with Gasteiger partial charge >= 0.3 is 0 Å². The van der Waals surface area contributed by atoms with Crippen LogP contribution >= 0.6 is 0 Å². The average Bonchev–Trinajstić information content (AvgIpc) is 3.07. The highest BCUT2D eigenvalue weighted by Crippen LogP contribution is 2.23. The quantitative estimate of drug-likeness (QED) is 0.747. The number of rotatable bonds is 5. The minimum Gasteiger partial charge on any atom is -0.347 e. The summed E-state index contributed by atoms with van der Waals surface area (Å²) in [6.07, 6.45) is 1.90. The van der Waals surface area contributed by atoms with Gasteiger partial charge in [-0.1, -0.05) is 51.1 Å². The van der Waals surface area contributed by atoms with Gasteiger partial charge in [-0.15, -0.1) is 0 Å². The summed E-state index contributed by atoms with van der Waals surface area (Å²) >= 11 is 0. The van der Waals surface area contributed by atoms with E-state index in [4.69, 9.17) is 0 Å². The molecule has 1 atom stereocenters. The SMILES string of the molecule is CC(C)(C)C(=O)N1CCC(NC(=O)C(=O)[C@H]2CCC(=O)N2Cc2ccccc2)CC1. The number of likely N-dealkylation sites (tertiary alicyclic amines) is 2. The molecule has 2 saturated heterocycles. The maximum Gasteiger partial charge on any atom is 0.289 e. The summed E-state index contributed by atoms with van der Waals surface area (Å²) in [5, 5.41) is 2.83. The number of nitrogens with zero attached hydrogens (tertiary/aromatic N) is 2. The van der Waals surface area contributed by atoms with Crippen molar-refractivity contribution in [3.05, 3.63) is 35.9 Å². The standard InChI is InChI=1S/C23H31N3O4/c1-23(2,3)22(30)25-13-11-17(12-14-25)24-21(29)20(28)18-9-10-19(27)26(18)15-16-7-5-4-6-8-16/h4-8,17-18H,9-15H2,1-3H3,(H,24,29)/t18-/m1/s1. The van der Waals surface area contributed by atoms with E-state index in [9.17, 15) is 19.2 Å². The summed E-state index contributed by atoms with van der Waals surface area (Å²) in [5.74, 6) is -1.18. The van der Waals surface area contributed by atoms with Crippen LogP contribution in [0.5, 0.6) is 0 Å². The zero-order valence-electron chi connectivity index (χ0n) is 18.0. The summed E-state index contributed by atoms with van der Waals surface area (Å²) in [4.78, 5) is 53.4. The van der Waals surface area contributed by atoms with Crippen LogP contribution in [0.15, 0.2) is 30.3 Å². The van der Waals surface area contributed by atoms with Gasteiger partial charge < -0.3 is 15.1 Å². The number of benzene rings is 1. The third-order valence-corrected chi connectivity index (χ3v) is 5.81. The number of Topliss-reactive ketones (excluding diaryl/α,β-unsaturated/α-hetero) is 1. The highest BCUT2D eigenvalue weighted by molar-refractivity contribution is 6.38. The molecule has 7 heteroatoms. The van der Waals surface area contributed by atoms with Crippen LogP contribution in [0.25, 0.3) is 0 Å².